The van der Waals surface area contributed by atoms with Crippen molar-refractivity contribution < 1.29 is 33.1 Å². The lowest BCUT2D eigenvalue weighted by Gasteiger charge is -2.32. The predicted molar refractivity (Wildman–Crippen MR) is 84.5 cm³/mol. The zero-order valence-corrected chi connectivity index (χ0v) is 13.9. The van der Waals surface area contributed by atoms with Gasteiger partial charge in [-0.25, -0.2) is 13.6 Å². The highest BCUT2D eigenvalue weighted by molar-refractivity contribution is 6.55. The minimum Gasteiger partial charge on any atom is -0.478 e. The number of halogens is 2. The van der Waals surface area contributed by atoms with E-state index in [1.165, 1.54) is 0 Å². The van der Waals surface area contributed by atoms with Gasteiger partial charge in [-0.3, -0.25) is 0 Å². The van der Waals surface area contributed by atoms with Gasteiger partial charge >= 0.3 is 13.1 Å². The van der Waals surface area contributed by atoms with Gasteiger partial charge in [-0.05, 0) is 45.3 Å². The van der Waals surface area contributed by atoms with Gasteiger partial charge in [-0.1, -0.05) is 6.08 Å². The number of benzene rings is 1. The number of carboxylic acids is 1. The molecule has 1 aliphatic rings. The first-order chi connectivity index (χ1) is 11.0. The molecule has 0 atom stereocenters. The highest BCUT2D eigenvalue weighted by Gasteiger charge is 2.52. The molecule has 0 radical (unpaired) electrons. The summed E-state index contributed by atoms with van der Waals surface area (Å²) >= 11 is 0. The van der Waals surface area contributed by atoms with E-state index < -0.39 is 53.7 Å². The summed E-state index contributed by atoms with van der Waals surface area (Å²) in [5.74, 6) is -3.53. The van der Waals surface area contributed by atoms with Crippen molar-refractivity contribution in [3.05, 3.63) is 40.4 Å². The third-order valence-corrected chi connectivity index (χ3v) is 4.39. The lowest BCUT2D eigenvalue weighted by atomic mass is 9.77. The molecule has 1 saturated heterocycles. The summed E-state index contributed by atoms with van der Waals surface area (Å²) in [6, 6.07) is 1.44. The van der Waals surface area contributed by atoms with Crippen LogP contribution >= 0.6 is 0 Å². The highest BCUT2D eigenvalue weighted by Crippen LogP contribution is 2.38. The fourth-order valence-electron chi connectivity index (χ4n) is 2.21. The molecule has 0 spiro atoms. The van der Waals surface area contributed by atoms with Gasteiger partial charge in [0, 0.05) is 5.56 Å². The van der Waals surface area contributed by atoms with Crippen LogP contribution in [0.4, 0.5) is 8.78 Å². The van der Waals surface area contributed by atoms with Crippen LogP contribution < -0.4 is 0 Å². The van der Waals surface area contributed by atoms with Crippen LogP contribution in [0, 0.1) is 11.6 Å². The SMILES string of the molecule is CC1(C)OB(C(=Cc2c(F)cc(C(=O)O)cc2F)CO)OC1(C)C. The Morgan fingerprint density at radius 1 is 1.17 bits per heavy atom. The number of aliphatic hydroxyl groups is 1. The molecule has 1 aromatic rings. The van der Waals surface area contributed by atoms with Crippen LogP contribution in [0.2, 0.25) is 0 Å². The molecule has 5 nitrogen and oxygen atoms in total. The molecule has 1 aromatic carbocycles. The van der Waals surface area contributed by atoms with E-state index in [0.717, 1.165) is 18.2 Å². The van der Waals surface area contributed by atoms with Crippen molar-refractivity contribution in [1.29, 1.82) is 0 Å². The maximum absolute atomic E-state index is 14.0. The van der Waals surface area contributed by atoms with Crippen LogP contribution in [-0.2, 0) is 9.31 Å². The van der Waals surface area contributed by atoms with Gasteiger partial charge in [-0.15, -0.1) is 0 Å². The Morgan fingerprint density at radius 2 is 1.62 bits per heavy atom. The topological polar surface area (TPSA) is 76.0 Å². The zero-order chi connectivity index (χ0) is 18.3. The van der Waals surface area contributed by atoms with E-state index in [1.54, 1.807) is 0 Å². The second-order valence-corrected chi connectivity index (χ2v) is 6.62. The van der Waals surface area contributed by atoms with Gasteiger partial charge in [0.15, 0.2) is 0 Å². The van der Waals surface area contributed by atoms with Crippen molar-refractivity contribution in [2.75, 3.05) is 6.61 Å². The lowest BCUT2D eigenvalue weighted by molar-refractivity contribution is 0.00578. The van der Waals surface area contributed by atoms with Crippen LogP contribution in [0.5, 0.6) is 0 Å². The Bertz CT molecular complexity index is 661. The maximum Gasteiger partial charge on any atom is 0.492 e. The monoisotopic (exact) mass is 340 g/mol. The summed E-state index contributed by atoms with van der Waals surface area (Å²) in [5, 5.41) is 18.4. The molecule has 24 heavy (non-hydrogen) atoms. The fourth-order valence-corrected chi connectivity index (χ4v) is 2.21. The second kappa shape index (κ2) is 6.27. The molecule has 0 amide bonds. The van der Waals surface area contributed by atoms with Crippen molar-refractivity contribution in [2.45, 2.75) is 38.9 Å². The Morgan fingerprint density at radius 3 is 2.00 bits per heavy atom. The molecule has 0 aromatic heterocycles. The molecule has 0 aliphatic carbocycles. The first-order valence-corrected chi connectivity index (χ1v) is 7.38. The van der Waals surface area contributed by atoms with Gasteiger partial charge in [0.2, 0.25) is 0 Å². The van der Waals surface area contributed by atoms with Crippen LogP contribution in [0.15, 0.2) is 17.6 Å². The summed E-state index contributed by atoms with van der Waals surface area (Å²) in [6.45, 7) is 6.71. The van der Waals surface area contributed by atoms with Crippen LogP contribution in [0.1, 0.15) is 43.6 Å². The lowest BCUT2D eigenvalue weighted by Crippen LogP contribution is -2.41. The smallest absolute Gasteiger partial charge is 0.478 e. The molecule has 1 aliphatic heterocycles. The number of rotatable bonds is 4. The molecule has 1 fully saturated rings. The van der Waals surface area contributed by atoms with Crippen molar-refractivity contribution >= 4 is 19.2 Å². The molecule has 0 saturated carbocycles. The van der Waals surface area contributed by atoms with Crippen LogP contribution in [0.3, 0.4) is 0 Å². The van der Waals surface area contributed by atoms with E-state index in [0.29, 0.717) is 0 Å². The molecular formula is C16H19BF2O5. The number of hydrogen-bond acceptors (Lipinski definition) is 4. The Kier molecular flexibility index (Phi) is 4.85. The second-order valence-electron chi connectivity index (χ2n) is 6.62. The van der Waals surface area contributed by atoms with E-state index in [1.807, 2.05) is 27.7 Å². The third kappa shape index (κ3) is 3.36. The number of carboxylic acid groups (broad SMARTS) is 1. The fraction of sp³-hybridized carbons (Fsp3) is 0.438. The first-order valence-electron chi connectivity index (χ1n) is 7.38. The van der Waals surface area contributed by atoms with E-state index in [9.17, 15) is 18.7 Å². The van der Waals surface area contributed by atoms with Gasteiger partial charge in [-0.2, -0.15) is 0 Å². The Hall–Kier alpha value is -1.77. The van der Waals surface area contributed by atoms with E-state index >= 15 is 0 Å². The van der Waals surface area contributed by atoms with Gasteiger partial charge in [0.25, 0.3) is 0 Å². The largest absolute Gasteiger partial charge is 0.492 e. The van der Waals surface area contributed by atoms with Crippen molar-refractivity contribution in [3.63, 3.8) is 0 Å². The van der Waals surface area contributed by atoms with Gasteiger partial charge in [0.1, 0.15) is 11.6 Å². The van der Waals surface area contributed by atoms with E-state index in [4.69, 9.17) is 14.4 Å². The quantitative estimate of drug-likeness (QED) is 0.825. The van der Waals surface area contributed by atoms with E-state index in [-0.39, 0.29) is 5.47 Å². The Labute approximate surface area is 139 Å². The highest BCUT2D eigenvalue weighted by atomic mass is 19.1. The molecule has 0 bridgehead atoms. The van der Waals surface area contributed by atoms with Gasteiger partial charge in [0.05, 0.1) is 23.4 Å². The maximum atomic E-state index is 14.0. The molecule has 0 unspecified atom stereocenters. The molecule has 8 heteroatoms. The number of carbonyl (C=O) groups is 1. The summed E-state index contributed by atoms with van der Waals surface area (Å²) in [7, 11) is -0.960. The normalized spacial score (nSPS) is 19.6. The standard InChI is InChI=1S/C16H19BF2O5/c1-15(2)16(3,4)24-17(23-15)10(8-20)7-11-12(18)5-9(14(21)22)6-13(11)19/h5-7,20H,8H2,1-4H3,(H,21,22). The summed E-state index contributed by atoms with van der Waals surface area (Å²) in [5.41, 5.74) is -2.16. The third-order valence-electron chi connectivity index (χ3n) is 4.39. The van der Waals surface area contributed by atoms with Crippen molar-refractivity contribution in [3.8, 4) is 0 Å². The van der Waals surface area contributed by atoms with Gasteiger partial charge < -0.3 is 19.5 Å². The van der Waals surface area contributed by atoms with Crippen LogP contribution in [-0.4, -0.2) is 41.1 Å². The van der Waals surface area contributed by atoms with Crippen LogP contribution in [0.25, 0.3) is 6.08 Å². The zero-order valence-electron chi connectivity index (χ0n) is 13.9. The Balaban J connectivity index is 2.41. The summed E-state index contributed by atoms with van der Waals surface area (Å²) in [6.07, 6.45) is 1.08. The number of hydrogen-bond donors (Lipinski definition) is 2. The van der Waals surface area contributed by atoms with Crippen molar-refractivity contribution in [2.24, 2.45) is 0 Å². The first kappa shape index (κ1) is 18.6. The minimum atomic E-state index is -1.43. The molecule has 2 rings (SSSR count). The average molecular weight is 340 g/mol. The van der Waals surface area contributed by atoms with Crippen molar-refractivity contribution in [1.82, 2.24) is 0 Å². The average Bonchev–Trinajstić information content (AvgIpc) is 2.66. The number of aromatic carboxylic acids is 1. The molecule has 1 heterocycles. The molecule has 2 N–H and O–H groups in total. The van der Waals surface area contributed by atoms with E-state index in [2.05, 4.69) is 0 Å². The predicted octanol–water partition coefficient (Wildman–Crippen LogP) is 2.67. The minimum absolute atomic E-state index is 0.134. The summed E-state index contributed by atoms with van der Waals surface area (Å²) in [4.78, 5) is 10.8. The number of aliphatic hydroxyl groups excluding tert-OH is 1. The molecule has 130 valence electrons. The molecular weight excluding hydrogens is 321 g/mol. The summed E-state index contributed by atoms with van der Waals surface area (Å²) < 4.78 is 39.6.